The number of carbonyl (C=O) groups is 1. The number of hydrogen-bond acceptors (Lipinski definition) is 3. The molecule has 0 aromatic heterocycles. The second-order valence-electron chi connectivity index (χ2n) is 6.65. The van der Waals surface area contributed by atoms with Gasteiger partial charge in [0.25, 0.3) is 0 Å². The molecule has 21 heavy (non-hydrogen) atoms. The molecule has 1 aliphatic rings. The molecule has 2 rings (SSSR count). The van der Waals surface area contributed by atoms with Crippen LogP contribution in [-0.2, 0) is 11.3 Å². The van der Waals surface area contributed by atoms with Crippen LogP contribution in [0.3, 0.4) is 0 Å². The summed E-state index contributed by atoms with van der Waals surface area (Å²) in [5.74, 6) is 0.180. The molecule has 0 spiro atoms. The van der Waals surface area contributed by atoms with Crippen molar-refractivity contribution in [1.82, 2.24) is 9.80 Å². The Balaban J connectivity index is 1.88. The number of benzene rings is 1. The van der Waals surface area contributed by atoms with Gasteiger partial charge in [-0.1, -0.05) is 31.2 Å². The summed E-state index contributed by atoms with van der Waals surface area (Å²) in [6, 6.07) is 8.22. The van der Waals surface area contributed by atoms with Gasteiger partial charge in [0.15, 0.2) is 0 Å². The predicted molar refractivity (Wildman–Crippen MR) is 85.9 cm³/mol. The van der Waals surface area contributed by atoms with Crippen LogP contribution in [0.5, 0.6) is 0 Å². The minimum atomic E-state index is 0.175. The zero-order valence-corrected chi connectivity index (χ0v) is 13.4. The fraction of sp³-hybridized carbons (Fsp3) is 0.588. The molecule has 1 unspecified atom stereocenters. The quantitative estimate of drug-likeness (QED) is 0.896. The van der Waals surface area contributed by atoms with Gasteiger partial charge in [-0.15, -0.1) is 0 Å². The number of hydrogen-bond donors (Lipinski definition) is 1. The van der Waals surface area contributed by atoms with Gasteiger partial charge in [0, 0.05) is 20.1 Å². The molecule has 0 aliphatic carbocycles. The number of carbonyl (C=O) groups excluding carboxylic acids is 1. The van der Waals surface area contributed by atoms with Crippen molar-refractivity contribution in [2.45, 2.75) is 26.8 Å². The topological polar surface area (TPSA) is 49.6 Å². The molecule has 1 aromatic carbocycles. The Bertz CT molecular complexity index is 503. The van der Waals surface area contributed by atoms with Crippen LogP contribution in [0.25, 0.3) is 0 Å². The largest absolute Gasteiger partial charge is 0.340 e. The fourth-order valence-corrected chi connectivity index (χ4v) is 2.87. The van der Waals surface area contributed by atoms with E-state index in [0.29, 0.717) is 19.6 Å². The molecule has 116 valence electrons. The standard InChI is InChI=1S/C17H27N3O/c1-14-6-4-5-7-15(14)10-19(3)16(21)11-20-9-8-17(2,12-18)13-20/h4-7H,8-13,18H2,1-3H3. The van der Waals surface area contributed by atoms with Crippen molar-refractivity contribution in [3.8, 4) is 0 Å². The summed E-state index contributed by atoms with van der Waals surface area (Å²) < 4.78 is 0. The molecule has 0 radical (unpaired) electrons. The van der Waals surface area contributed by atoms with Crippen LogP contribution < -0.4 is 5.73 Å². The Morgan fingerprint density at radius 1 is 1.43 bits per heavy atom. The predicted octanol–water partition coefficient (Wildman–Crippen LogP) is 1.62. The Morgan fingerprint density at radius 3 is 2.76 bits per heavy atom. The van der Waals surface area contributed by atoms with Crippen LogP contribution in [0.15, 0.2) is 24.3 Å². The Morgan fingerprint density at radius 2 is 2.14 bits per heavy atom. The average Bonchev–Trinajstić information content (AvgIpc) is 2.83. The Labute approximate surface area is 127 Å². The molecule has 1 fully saturated rings. The smallest absolute Gasteiger partial charge is 0.236 e. The zero-order valence-electron chi connectivity index (χ0n) is 13.4. The van der Waals surface area contributed by atoms with E-state index in [-0.39, 0.29) is 11.3 Å². The van der Waals surface area contributed by atoms with Crippen molar-refractivity contribution >= 4 is 5.91 Å². The first-order valence-electron chi connectivity index (χ1n) is 7.64. The van der Waals surface area contributed by atoms with Crippen molar-refractivity contribution in [2.24, 2.45) is 11.1 Å². The van der Waals surface area contributed by atoms with Crippen LogP contribution in [0, 0.1) is 12.3 Å². The van der Waals surface area contributed by atoms with Gasteiger partial charge in [-0.05, 0) is 43.0 Å². The van der Waals surface area contributed by atoms with E-state index in [0.717, 1.165) is 19.5 Å². The molecule has 0 saturated carbocycles. The van der Waals surface area contributed by atoms with E-state index in [1.165, 1.54) is 11.1 Å². The molecule has 1 atom stereocenters. The van der Waals surface area contributed by atoms with E-state index < -0.39 is 0 Å². The Kier molecular flexibility index (Phi) is 5.01. The average molecular weight is 289 g/mol. The van der Waals surface area contributed by atoms with E-state index in [2.05, 4.69) is 30.9 Å². The monoisotopic (exact) mass is 289 g/mol. The van der Waals surface area contributed by atoms with Gasteiger partial charge >= 0.3 is 0 Å². The minimum absolute atomic E-state index is 0.175. The SMILES string of the molecule is Cc1ccccc1CN(C)C(=O)CN1CCC(C)(CN)C1. The molecule has 0 bridgehead atoms. The third kappa shape index (κ3) is 4.05. The Hall–Kier alpha value is -1.39. The maximum Gasteiger partial charge on any atom is 0.236 e. The van der Waals surface area contributed by atoms with Crippen molar-refractivity contribution in [2.75, 3.05) is 33.2 Å². The summed E-state index contributed by atoms with van der Waals surface area (Å²) >= 11 is 0. The normalized spacial score (nSPS) is 22.5. The number of likely N-dealkylation sites (tertiary alicyclic amines) is 1. The number of nitrogens with zero attached hydrogens (tertiary/aromatic N) is 2. The van der Waals surface area contributed by atoms with Crippen LogP contribution in [-0.4, -0.2) is 48.9 Å². The van der Waals surface area contributed by atoms with E-state index in [4.69, 9.17) is 5.73 Å². The number of nitrogens with two attached hydrogens (primary N) is 1. The summed E-state index contributed by atoms with van der Waals surface area (Å²) in [4.78, 5) is 16.4. The molecule has 1 amide bonds. The van der Waals surface area contributed by atoms with Gasteiger partial charge < -0.3 is 10.6 Å². The maximum atomic E-state index is 12.4. The molecule has 4 nitrogen and oxygen atoms in total. The number of likely N-dealkylation sites (N-methyl/N-ethyl adjacent to an activating group) is 1. The fourth-order valence-electron chi connectivity index (χ4n) is 2.87. The van der Waals surface area contributed by atoms with Gasteiger partial charge in [0.1, 0.15) is 0 Å². The van der Waals surface area contributed by atoms with Gasteiger partial charge in [-0.25, -0.2) is 0 Å². The molecule has 4 heteroatoms. The van der Waals surface area contributed by atoms with Crippen molar-refractivity contribution in [3.05, 3.63) is 35.4 Å². The molecule has 1 aromatic rings. The first-order valence-corrected chi connectivity index (χ1v) is 7.64. The third-order valence-corrected chi connectivity index (χ3v) is 4.58. The summed E-state index contributed by atoms with van der Waals surface area (Å²) in [7, 11) is 1.88. The molecule has 1 heterocycles. The lowest BCUT2D eigenvalue weighted by Crippen LogP contribution is -2.39. The maximum absolute atomic E-state index is 12.4. The van der Waals surface area contributed by atoms with Crippen LogP contribution in [0.4, 0.5) is 0 Å². The van der Waals surface area contributed by atoms with Crippen LogP contribution >= 0.6 is 0 Å². The second-order valence-corrected chi connectivity index (χ2v) is 6.65. The van der Waals surface area contributed by atoms with E-state index in [1.54, 1.807) is 0 Å². The lowest BCUT2D eigenvalue weighted by molar-refractivity contribution is -0.131. The summed E-state index contributed by atoms with van der Waals surface area (Å²) in [5, 5.41) is 0. The van der Waals surface area contributed by atoms with Gasteiger partial charge in [0.05, 0.1) is 6.54 Å². The van der Waals surface area contributed by atoms with Crippen LogP contribution in [0.1, 0.15) is 24.5 Å². The molecule has 1 saturated heterocycles. The second kappa shape index (κ2) is 6.58. The first-order chi connectivity index (χ1) is 9.93. The zero-order chi connectivity index (χ0) is 15.5. The van der Waals surface area contributed by atoms with E-state index in [9.17, 15) is 4.79 Å². The first kappa shape index (κ1) is 16.0. The molecule has 2 N–H and O–H groups in total. The highest BCUT2D eigenvalue weighted by Gasteiger charge is 2.33. The summed E-state index contributed by atoms with van der Waals surface area (Å²) in [6.45, 7) is 8.04. The van der Waals surface area contributed by atoms with Gasteiger partial charge in [-0.2, -0.15) is 0 Å². The van der Waals surface area contributed by atoms with E-state index in [1.807, 2.05) is 24.1 Å². The van der Waals surface area contributed by atoms with Crippen LogP contribution in [0.2, 0.25) is 0 Å². The highest BCUT2D eigenvalue weighted by molar-refractivity contribution is 5.78. The van der Waals surface area contributed by atoms with E-state index >= 15 is 0 Å². The summed E-state index contributed by atoms with van der Waals surface area (Å²) in [5.41, 5.74) is 8.43. The highest BCUT2D eigenvalue weighted by Crippen LogP contribution is 2.28. The number of aryl methyl sites for hydroxylation is 1. The number of amides is 1. The van der Waals surface area contributed by atoms with Crippen molar-refractivity contribution < 1.29 is 4.79 Å². The highest BCUT2D eigenvalue weighted by atomic mass is 16.2. The molecular weight excluding hydrogens is 262 g/mol. The third-order valence-electron chi connectivity index (χ3n) is 4.58. The van der Waals surface area contributed by atoms with Crippen molar-refractivity contribution in [1.29, 1.82) is 0 Å². The molecular formula is C17H27N3O. The summed E-state index contributed by atoms with van der Waals surface area (Å²) in [6.07, 6.45) is 1.08. The van der Waals surface area contributed by atoms with Gasteiger partial charge in [-0.3, -0.25) is 9.69 Å². The minimum Gasteiger partial charge on any atom is -0.340 e. The number of rotatable bonds is 5. The molecule has 1 aliphatic heterocycles. The lowest BCUT2D eigenvalue weighted by atomic mass is 9.90. The van der Waals surface area contributed by atoms with Gasteiger partial charge in [0.2, 0.25) is 5.91 Å². The van der Waals surface area contributed by atoms with Crippen molar-refractivity contribution in [3.63, 3.8) is 0 Å². The lowest BCUT2D eigenvalue weighted by Gasteiger charge is -2.24.